The highest BCUT2D eigenvalue weighted by Crippen LogP contribution is 2.36. The average molecular weight is 451 g/mol. The standard InChI is InChI=1S/C25H23F2N3O3/c1-30-21(13-15-3-7-17(26)8-4-15)29-20-12-11-19(23(33-2)22(20)25(30)32)24(31)28-14-16-5-9-18(27)10-6-16/h3-12,21,29H,13-14H2,1-2H3,(H,28,31). The lowest BCUT2D eigenvalue weighted by Crippen LogP contribution is -2.47. The maximum Gasteiger partial charge on any atom is 0.261 e. The predicted molar refractivity (Wildman–Crippen MR) is 120 cm³/mol. The van der Waals surface area contributed by atoms with Gasteiger partial charge in [-0.2, -0.15) is 0 Å². The molecule has 1 heterocycles. The van der Waals surface area contributed by atoms with Crippen molar-refractivity contribution in [1.29, 1.82) is 0 Å². The Morgan fingerprint density at radius 1 is 1.00 bits per heavy atom. The fourth-order valence-corrected chi connectivity index (χ4v) is 3.81. The lowest BCUT2D eigenvalue weighted by Gasteiger charge is -2.36. The van der Waals surface area contributed by atoms with Gasteiger partial charge in [0.15, 0.2) is 0 Å². The van der Waals surface area contributed by atoms with Crippen LogP contribution in [-0.4, -0.2) is 37.0 Å². The molecule has 8 heteroatoms. The van der Waals surface area contributed by atoms with Crippen LogP contribution in [0.2, 0.25) is 0 Å². The Morgan fingerprint density at radius 3 is 2.21 bits per heavy atom. The van der Waals surface area contributed by atoms with Crippen LogP contribution in [0.25, 0.3) is 0 Å². The monoisotopic (exact) mass is 451 g/mol. The van der Waals surface area contributed by atoms with Crippen molar-refractivity contribution < 1.29 is 23.1 Å². The molecule has 0 aromatic heterocycles. The fourth-order valence-electron chi connectivity index (χ4n) is 3.81. The van der Waals surface area contributed by atoms with Crippen LogP contribution < -0.4 is 15.4 Å². The van der Waals surface area contributed by atoms with Gasteiger partial charge in [0.25, 0.3) is 11.8 Å². The van der Waals surface area contributed by atoms with Crippen LogP contribution in [-0.2, 0) is 13.0 Å². The molecule has 170 valence electrons. The van der Waals surface area contributed by atoms with Crippen LogP contribution in [0, 0.1) is 11.6 Å². The maximum absolute atomic E-state index is 13.2. The number of carbonyl (C=O) groups is 2. The van der Waals surface area contributed by atoms with E-state index >= 15 is 0 Å². The smallest absolute Gasteiger partial charge is 0.261 e. The fraction of sp³-hybridized carbons (Fsp3) is 0.200. The summed E-state index contributed by atoms with van der Waals surface area (Å²) in [5.74, 6) is -1.20. The average Bonchev–Trinajstić information content (AvgIpc) is 2.82. The van der Waals surface area contributed by atoms with Crippen molar-refractivity contribution in [2.75, 3.05) is 19.5 Å². The highest BCUT2D eigenvalue weighted by Gasteiger charge is 2.34. The summed E-state index contributed by atoms with van der Waals surface area (Å²) in [6, 6.07) is 15.2. The number of halogens is 2. The largest absolute Gasteiger partial charge is 0.495 e. The van der Waals surface area contributed by atoms with E-state index in [-0.39, 0.29) is 47.1 Å². The van der Waals surface area contributed by atoms with Crippen molar-refractivity contribution in [2.24, 2.45) is 0 Å². The molecular formula is C25H23F2N3O3. The molecule has 2 amide bonds. The quantitative estimate of drug-likeness (QED) is 0.595. The summed E-state index contributed by atoms with van der Waals surface area (Å²) in [4.78, 5) is 27.6. The number of hydrogen-bond acceptors (Lipinski definition) is 4. The van der Waals surface area contributed by atoms with Crippen molar-refractivity contribution in [3.63, 3.8) is 0 Å². The molecule has 1 unspecified atom stereocenters. The molecule has 0 saturated heterocycles. The second-order valence-electron chi connectivity index (χ2n) is 7.78. The van der Waals surface area contributed by atoms with Crippen LogP contribution in [0.3, 0.4) is 0 Å². The first-order chi connectivity index (χ1) is 15.9. The van der Waals surface area contributed by atoms with Crippen LogP contribution in [0.1, 0.15) is 31.8 Å². The number of nitrogens with zero attached hydrogens (tertiary/aromatic N) is 1. The third-order valence-electron chi connectivity index (χ3n) is 5.64. The second-order valence-corrected chi connectivity index (χ2v) is 7.78. The van der Waals surface area contributed by atoms with Gasteiger partial charge in [0, 0.05) is 20.0 Å². The molecule has 1 atom stereocenters. The van der Waals surface area contributed by atoms with Crippen molar-refractivity contribution in [1.82, 2.24) is 10.2 Å². The number of amides is 2. The Kier molecular flexibility index (Phi) is 6.26. The minimum absolute atomic E-state index is 0.175. The zero-order chi connectivity index (χ0) is 23.5. The summed E-state index contributed by atoms with van der Waals surface area (Å²) in [5.41, 5.74) is 2.66. The van der Waals surface area contributed by atoms with E-state index in [1.807, 2.05) is 0 Å². The van der Waals surface area contributed by atoms with Gasteiger partial charge < -0.3 is 20.3 Å². The minimum atomic E-state index is -0.414. The first kappa shape index (κ1) is 22.3. The van der Waals surface area contributed by atoms with E-state index in [2.05, 4.69) is 10.6 Å². The lowest BCUT2D eigenvalue weighted by atomic mass is 9.99. The molecule has 3 aromatic carbocycles. The van der Waals surface area contributed by atoms with E-state index in [0.29, 0.717) is 12.1 Å². The first-order valence-corrected chi connectivity index (χ1v) is 10.4. The normalized spacial score (nSPS) is 15.0. The molecule has 0 fully saturated rings. The van der Waals surface area contributed by atoms with E-state index in [4.69, 9.17) is 4.74 Å². The molecule has 0 spiro atoms. The number of carbonyl (C=O) groups excluding carboxylic acids is 2. The highest BCUT2D eigenvalue weighted by atomic mass is 19.1. The number of ether oxygens (including phenoxy) is 1. The third-order valence-corrected chi connectivity index (χ3v) is 5.64. The van der Waals surface area contributed by atoms with Gasteiger partial charge in [-0.3, -0.25) is 9.59 Å². The molecular weight excluding hydrogens is 428 g/mol. The number of anilines is 1. The zero-order valence-corrected chi connectivity index (χ0v) is 18.2. The number of rotatable bonds is 6. The molecule has 0 aliphatic carbocycles. The van der Waals surface area contributed by atoms with Crippen molar-refractivity contribution in [2.45, 2.75) is 19.1 Å². The Balaban J connectivity index is 1.56. The molecule has 2 N–H and O–H groups in total. The van der Waals surface area contributed by atoms with E-state index in [1.165, 1.54) is 36.3 Å². The Bertz CT molecular complexity index is 1180. The van der Waals surface area contributed by atoms with Gasteiger partial charge in [-0.1, -0.05) is 24.3 Å². The molecule has 4 rings (SSSR count). The van der Waals surface area contributed by atoms with Crippen LogP contribution in [0.15, 0.2) is 60.7 Å². The molecule has 0 bridgehead atoms. The van der Waals surface area contributed by atoms with Crippen molar-refractivity contribution >= 4 is 17.5 Å². The minimum Gasteiger partial charge on any atom is -0.495 e. The molecule has 0 saturated carbocycles. The zero-order valence-electron chi connectivity index (χ0n) is 18.2. The van der Waals surface area contributed by atoms with E-state index in [9.17, 15) is 18.4 Å². The first-order valence-electron chi connectivity index (χ1n) is 10.4. The maximum atomic E-state index is 13.2. The molecule has 0 radical (unpaired) electrons. The van der Waals surface area contributed by atoms with E-state index in [1.54, 1.807) is 43.4 Å². The Hall–Kier alpha value is -3.94. The third kappa shape index (κ3) is 4.64. The van der Waals surface area contributed by atoms with Gasteiger partial charge in [-0.25, -0.2) is 8.78 Å². The summed E-state index contributed by atoms with van der Waals surface area (Å²) in [5, 5.41) is 6.08. The van der Waals surface area contributed by atoms with E-state index < -0.39 is 5.91 Å². The van der Waals surface area contributed by atoms with Gasteiger partial charge in [0.1, 0.15) is 29.1 Å². The predicted octanol–water partition coefficient (Wildman–Crippen LogP) is 3.97. The molecule has 3 aromatic rings. The van der Waals surface area contributed by atoms with Crippen LogP contribution >= 0.6 is 0 Å². The Morgan fingerprint density at radius 2 is 1.61 bits per heavy atom. The highest BCUT2D eigenvalue weighted by molar-refractivity contribution is 6.08. The number of methoxy groups -OCH3 is 1. The number of likely N-dealkylation sites (N-methyl/N-ethyl adjacent to an activating group) is 1. The molecule has 6 nitrogen and oxygen atoms in total. The van der Waals surface area contributed by atoms with Crippen molar-refractivity contribution in [3.8, 4) is 5.75 Å². The molecule has 33 heavy (non-hydrogen) atoms. The van der Waals surface area contributed by atoms with E-state index in [0.717, 1.165) is 11.1 Å². The summed E-state index contributed by atoms with van der Waals surface area (Å²) >= 11 is 0. The summed E-state index contributed by atoms with van der Waals surface area (Å²) in [7, 11) is 3.07. The topological polar surface area (TPSA) is 70.7 Å². The number of benzene rings is 3. The second kappa shape index (κ2) is 9.28. The number of nitrogens with one attached hydrogen (secondary N) is 2. The van der Waals surface area contributed by atoms with Crippen LogP contribution in [0.5, 0.6) is 5.75 Å². The summed E-state index contributed by atoms with van der Waals surface area (Å²) < 4.78 is 31.8. The summed E-state index contributed by atoms with van der Waals surface area (Å²) in [6.07, 6.45) is 0.128. The number of fused-ring (bicyclic) bond motifs is 1. The van der Waals surface area contributed by atoms with Crippen LogP contribution in [0.4, 0.5) is 14.5 Å². The van der Waals surface area contributed by atoms with Gasteiger partial charge in [-0.05, 0) is 47.5 Å². The molecule has 1 aliphatic rings. The van der Waals surface area contributed by atoms with Gasteiger partial charge >= 0.3 is 0 Å². The van der Waals surface area contributed by atoms with Gasteiger partial charge in [-0.15, -0.1) is 0 Å². The lowest BCUT2D eigenvalue weighted by molar-refractivity contribution is 0.0732. The van der Waals surface area contributed by atoms with Gasteiger partial charge in [0.2, 0.25) is 0 Å². The summed E-state index contributed by atoms with van der Waals surface area (Å²) in [6.45, 7) is 0.200. The number of hydrogen-bond donors (Lipinski definition) is 2. The van der Waals surface area contributed by atoms with Crippen molar-refractivity contribution in [3.05, 3.63) is 94.6 Å². The Labute approximate surface area is 190 Å². The van der Waals surface area contributed by atoms with Gasteiger partial charge in [0.05, 0.1) is 18.4 Å². The molecule has 1 aliphatic heterocycles. The SMILES string of the molecule is COc1c(C(=O)NCc2ccc(F)cc2)ccc2c1C(=O)N(C)C(Cc1ccc(F)cc1)N2.